The number of alkyl halides is 3. The zero-order chi connectivity index (χ0) is 25.5. The number of fused-ring (bicyclic) bond motifs is 2. The van der Waals surface area contributed by atoms with Crippen LogP contribution in [0.3, 0.4) is 0 Å². The van der Waals surface area contributed by atoms with Gasteiger partial charge < -0.3 is 5.11 Å². The third kappa shape index (κ3) is 4.83. The normalized spacial score (nSPS) is 12.2. The van der Waals surface area contributed by atoms with E-state index in [1.54, 1.807) is 30.5 Å². The molecule has 36 heavy (non-hydrogen) atoms. The largest absolute Gasteiger partial charge is 0.508 e. The summed E-state index contributed by atoms with van der Waals surface area (Å²) in [6.07, 6.45) is -2.72. The number of benzene rings is 4. The predicted octanol–water partition coefficient (Wildman–Crippen LogP) is 6.50. The van der Waals surface area contributed by atoms with Crippen LogP contribution in [0.4, 0.5) is 19.0 Å². The molecule has 0 saturated carbocycles. The molecule has 0 fully saturated rings. The summed E-state index contributed by atoms with van der Waals surface area (Å²) in [7, 11) is -3.89. The Labute approximate surface area is 204 Å². The molecule has 0 bridgehead atoms. The van der Waals surface area contributed by atoms with Gasteiger partial charge in [0.05, 0.1) is 10.5 Å². The van der Waals surface area contributed by atoms with Gasteiger partial charge in [-0.25, -0.2) is 13.4 Å². The van der Waals surface area contributed by atoms with Crippen molar-refractivity contribution in [2.45, 2.75) is 17.5 Å². The molecular weight excluding hydrogens is 489 g/mol. The molecule has 0 aliphatic rings. The first kappa shape index (κ1) is 23.6. The summed E-state index contributed by atoms with van der Waals surface area (Å²) in [5.74, 6) is -0.257. The molecule has 1 aromatic heterocycles. The van der Waals surface area contributed by atoms with Gasteiger partial charge in [0.25, 0.3) is 10.0 Å². The molecule has 0 aliphatic heterocycles. The fourth-order valence-corrected chi connectivity index (χ4v) is 5.09. The Kier molecular flexibility index (Phi) is 5.80. The highest BCUT2D eigenvalue weighted by atomic mass is 32.2. The average Bonchev–Trinajstić information content (AvgIpc) is 2.83. The average molecular weight is 509 g/mol. The second kappa shape index (κ2) is 8.83. The SMILES string of the molecule is O=S(=O)(Nc1cc2ccccc2cn1)c1ccc(Cc2ccc3cc(O)cc(C(F)(F)F)c3c2)cc1. The first-order valence-electron chi connectivity index (χ1n) is 10.9. The van der Waals surface area contributed by atoms with Crippen molar-refractivity contribution in [3.8, 4) is 5.75 Å². The van der Waals surface area contributed by atoms with E-state index in [1.165, 1.54) is 30.3 Å². The number of pyridine rings is 1. The van der Waals surface area contributed by atoms with Crippen molar-refractivity contribution in [2.24, 2.45) is 0 Å². The number of phenolic OH excluding ortho intramolecular Hbond substituents is 1. The van der Waals surface area contributed by atoms with E-state index in [0.29, 0.717) is 18.1 Å². The number of hydrogen-bond acceptors (Lipinski definition) is 4. The molecule has 1 heterocycles. The van der Waals surface area contributed by atoms with Gasteiger partial charge in [-0.2, -0.15) is 13.2 Å². The van der Waals surface area contributed by atoms with Crippen LogP contribution in [-0.4, -0.2) is 18.5 Å². The van der Waals surface area contributed by atoms with Gasteiger partial charge in [-0.15, -0.1) is 0 Å². The van der Waals surface area contributed by atoms with E-state index >= 15 is 0 Å². The highest BCUT2D eigenvalue weighted by molar-refractivity contribution is 7.92. The zero-order valence-corrected chi connectivity index (χ0v) is 19.4. The van der Waals surface area contributed by atoms with Gasteiger partial charge in [-0.3, -0.25) is 4.72 Å². The maximum atomic E-state index is 13.5. The number of rotatable bonds is 5. The van der Waals surface area contributed by atoms with Crippen LogP contribution in [0.1, 0.15) is 16.7 Å². The maximum Gasteiger partial charge on any atom is 0.417 e. The van der Waals surface area contributed by atoms with E-state index in [9.17, 15) is 26.7 Å². The van der Waals surface area contributed by atoms with Crippen molar-refractivity contribution < 1.29 is 26.7 Å². The predicted molar refractivity (Wildman–Crippen MR) is 132 cm³/mol. The Bertz CT molecular complexity index is 1700. The Hall–Kier alpha value is -4.11. The highest BCUT2D eigenvalue weighted by Crippen LogP contribution is 2.38. The fourth-order valence-electron chi connectivity index (χ4n) is 4.09. The lowest BCUT2D eigenvalue weighted by molar-refractivity contribution is -0.136. The number of nitrogens with one attached hydrogen (secondary N) is 1. The Morgan fingerprint density at radius 2 is 1.50 bits per heavy atom. The second-order valence-corrected chi connectivity index (χ2v) is 10.1. The van der Waals surface area contributed by atoms with Crippen molar-refractivity contribution in [3.63, 3.8) is 0 Å². The summed E-state index contributed by atoms with van der Waals surface area (Å²) in [5, 5.41) is 11.7. The zero-order valence-electron chi connectivity index (χ0n) is 18.6. The summed E-state index contributed by atoms with van der Waals surface area (Å²) in [6, 6.07) is 21.9. The number of anilines is 1. The number of phenols is 1. The van der Waals surface area contributed by atoms with Crippen LogP contribution < -0.4 is 4.72 Å². The van der Waals surface area contributed by atoms with E-state index in [-0.39, 0.29) is 21.5 Å². The first-order valence-corrected chi connectivity index (χ1v) is 12.4. The summed E-state index contributed by atoms with van der Waals surface area (Å²) >= 11 is 0. The van der Waals surface area contributed by atoms with Gasteiger partial charge >= 0.3 is 6.18 Å². The summed E-state index contributed by atoms with van der Waals surface area (Å²) in [6.45, 7) is 0. The fraction of sp³-hybridized carbons (Fsp3) is 0.0741. The molecular formula is C27H19F3N2O3S. The molecule has 2 N–H and O–H groups in total. The minimum absolute atomic E-state index is 0.0101. The van der Waals surface area contributed by atoms with Crippen LogP contribution in [0.15, 0.2) is 96.0 Å². The van der Waals surface area contributed by atoms with Crippen LogP contribution in [-0.2, 0) is 22.6 Å². The lowest BCUT2D eigenvalue weighted by Gasteiger charge is -2.13. The molecule has 0 radical (unpaired) electrons. The molecule has 0 amide bonds. The number of sulfonamides is 1. The lowest BCUT2D eigenvalue weighted by Crippen LogP contribution is -2.13. The van der Waals surface area contributed by atoms with E-state index < -0.39 is 27.5 Å². The Morgan fingerprint density at radius 1 is 0.806 bits per heavy atom. The molecule has 0 spiro atoms. The van der Waals surface area contributed by atoms with Crippen LogP contribution >= 0.6 is 0 Å². The number of aromatic hydroxyl groups is 1. The van der Waals surface area contributed by atoms with Crippen molar-refractivity contribution >= 4 is 37.4 Å². The van der Waals surface area contributed by atoms with Crippen LogP contribution in [0.25, 0.3) is 21.5 Å². The third-order valence-corrected chi connectivity index (χ3v) is 7.19. The third-order valence-electron chi connectivity index (χ3n) is 5.82. The molecule has 4 aromatic carbocycles. The monoisotopic (exact) mass is 508 g/mol. The number of hydrogen-bond donors (Lipinski definition) is 2. The van der Waals surface area contributed by atoms with E-state index in [2.05, 4.69) is 9.71 Å². The smallest absolute Gasteiger partial charge is 0.417 e. The topological polar surface area (TPSA) is 79.3 Å². The Balaban J connectivity index is 1.38. The molecule has 9 heteroatoms. The summed E-state index contributed by atoms with van der Waals surface area (Å²) in [5.41, 5.74) is 0.436. The number of nitrogens with zero attached hydrogens (tertiary/aromatic N) is 1. The standard InChI is InChI=1S/C27H19F3N2O3S/c28-27(29,30)25-15-22(33)13-20-8-5-18(12-24(20)25)11-17-6-9-23(10-7-17)36(34,35)32-26-14-19-3-1-2-4-21(19)16-31-26/h1-10,12-16,33H,11H2,(H,31,32). The molecule has 5 rings (SSSR count). The quantitative estimate of drug-likeness (QED) is 0.284. The van der Waals surface area contributed by atoms with Gasteiger partial charge in [-0.1, -0.05) is 54.6 Å². The Morgan fingerprint density at radius 3 is 2.22 bits per heavy atom. The molecule has 182 valence electrons. The number of halogens is 3. The van der Waals surface area contributed by atoms with E-state index in [0.717, 1.165) is 16.3 Å². The van der Waals surface area contributed by atoms with Crippen molar-refractivity contribution in [1.82, 2.24) is 4.98 Å². The van der Waals surface area contributed by atoms with Gasteiger partial charge in [-0.05, 0) is 64.0 Å². The molecule has 5 aromatic rings. The molecule has 0 saturated heterocycles. The van der Waals surface area contributed by atoms with Crippen molar-refractivity contribution in [3.05, 3.63) is 108 Å². The van der Waals surface area contributed by atoms with Gasteiger partial charge in [0.15, 0.2) is 0 Å². The van der Waals surface area contributed by atoms with Crippen LogP contribution in [0.2, 0.25) is 0 Å². The molecule has 5 nitrogen and oxygen atoms in total. The van der Waals surface area contributed by atoms with Crippen molar-refractivity contribution in [1.29, 1.82) is 0 Å². The molecule has 0 atom stereocenters. The first-order chi connectivity index (χ1) is 17.1. The van der Waals surface area contributed by atoms with E-state index in [4.69, 9.17) is 0 Å². The minimum Gasteiger partial charge on any atom is -0.508 e. The van der Waals surface area contributed by atoms with Gasteiger partial charge in [0, 0.05) is 11.6 Å². The maximum absolute atomic E-state index is 13.5. The van der Waals surface area contributed by atoms with Crippen LogP contribution in [0, 0.1) is 0 Å². The summed E-state index contributed by atoms with van der Waals surface area (Å²) in [4.78, 5) is 4.20. The van der Waals surface area contributed by atoms with Gasteiger partial charge in [0.2, 0.25) is 0 Å². The summed E-state index contributed by atoms with van der Waals surface area (Å²) < 4.78 is 68.5. The molecule has 0 aliphatic carbocycles. The van der Waals surface area contributed by atoms with Crippen LogP contribution in [0.5, 0.6) is 5.75 Å². The minimum atomic E-state index is -4.61. The second-order valence-electron chi connectivity index (χ2n) is 8.39. The van der Waals surface area contributed by atoms with E-state index in [1.807, 2.05) is 24.3 Å². The number of aromatic nitrogens is 1. The lowest BCUT2D eigenvalue weighted by atomic mass is 9.98. The van der Waals surface area contributed by atoms with Crippen molar-refractivity contribution in [2.75, 3.05) is 4.72 Å². The van der Waals surface area contributed by atoms with Gasteiger partial charge in [0.1, 0.15) is 11.6 Å². The highest BCUT2D eigenvalue weighted by Gasteiger charge is 2.33. The molecule has 0 unspecified atom stereocenters.